The predicted molar refractivity (Wildman–Crippen MR) is 97.6 cm³/mol. The minimum atomic E-state index is -3.98. The molecule has 1 fully saturated rings. The van der Waals surface area contributed by atoms with Crippen molar-refractivity contribution in [2.24, 2.45) is 0 Å². The summed E-state index contributed by atoms with van der Waals surface area (Å²) in [5.74, 6) is 5.37. The van der Waals surface area contributed by atoms with Gasteiger partial charge in [-0.3, -0.25) is 10.0 Å². The van der Waals surface area contributed by atoms with E-state index in [1.807, 2.05) is 6.92 Å². The molecule has 1 aliphatic rings. The summed E-state index contributed by atoms with van der Waals surface area (Å²) in [6.07, 6.45) is -0.368. The van der Waals surface area contributed by atoms with Gasteiger partial charge >= 0.3 is 0 Å². The molecule has 1 amide bonds. The number of amides is 1. The maximum absolute atomic E-state index is 13.1. The minimum Gasteiger partial charge on any atom is -0.481 e. The molecule has 1 aromatic carbocycles. The number of sulfonamides is 1. The van der Waals surface area contributed by atoms with E-state index in [2.05, 4.69) is 11.8 Å². The number of benzene rings is 1. The quantitative estimate of drug-likeness (QED) is 0.439. The maximum atomic E-state index is 13.1. The van der Waals surface area contributed by atoms with E-state index >= 15 is 0 Å². The lowest BCUT2D eigenvalue weighted by Gasteiger charge is -2.40. The van der Waals surface area contributed by atoms with Gasteiger partial charge < -0.3 is 9.47 Å². The van der Waals surface area contributed by atoms with Crippen molar-refractivity contribution in [3.63, 3.8) is 0 Å². The first-order valence-electron chi connectivity index (χ1n) is 8.61. The van der Waals surface area contributed by atoms with Crippen LogP contribution >= 0.6 is 0 Å². The van der Waals surface area contributed by atoms with Gasteiger partial charge in [0.2, 0.25) is 10.0 Å². The first-order chi connectivity index (χ1) is 12.8. The highest BCUT2D eigenvalue weighted by atomic mass is 32.2. The zero-order valence-electron chi connectivity index (χ0n) is 15.5. The molecule has 0 radical (unpaired) electrons. The summed E-state index contributed by atoms with van der Waals surface area (Å²) < 4.78 is 38.2. The van der Waals surface area contributed by atoms with Gasteiger partial charge in [0.15, 0.2) is 0 Å². The van der Waals surface area contributed by atoms with E-state index in [9.17, 15) is 13.2 Å². The average molecular weight is 396 g/mol. The van der Waals surface area contributed by atoms with Crippen molar-refractivity contribution < 1.29 is 27.9 Å². The number of nitrogens with one attached hydrogen (secondary N) is 1. The molecule has 0 spiro atoms. The number of rotatable bonds is 5. The molecule has 0 aromatic heterocycles. The van der Waals surface area contributed by atoms with E-state index in [1.54, 1.807) is 13.8 Å². The Kier molecular flexibility index (Phi) is 7.21. The van der Waals surface area contributed by atoms with Gasteiger partial charge in [-0.15, -0.1) is 5.92 Å². The SMILES string of the molecule is CCC#CCOc1ccc(S(=O)(=O)N2CC(C)OC(C)C2C(=O)NO)cc1. The van der Waals surface area contributed by atoms with E-state index in [0.29, 0.717) is 5.75 Å². The highest BCUT2D eigenvalue weighted by Gasteiger charge is 2.44. The Morgan fingerprint density at radius 2 is 2.00 bits per heavy atom. The van der Waals surface area contributed by atoms with Crippen LogP contribution in [0.4, 0.5) is 0 Å². The van der Waals surface area contributed by atoms with Crippen molar-refractivity contribution >= 4 is 15.9 Å². The van der Waals surface area contributed by atoms with Gasteiger partial charge in [0.05, 0.1) is 17.1 Å². The fourth-order valence-electron chi connectivity index (χ4n) is 2.88. The molecule has 9 heteroatoms. The number of hydroxylamine groups is 1. The first-order valence-corrected chi connectivity index (χ1v) is 10.0. The van der Waals surface area contributed by atoms with Gasteiger partial charge in [-0.2, -0.15) is 4.31 Å². The van der Waals surface area contributed by atoms with Crippen LogP contribution in [0.3, 0.4) is 0 Å². The summed E-state index contributed by atoms with van der Waals surface area (Å²) >= 11 is 0. The molecule has 1 aliphatic heterocycles. The van der Waals surface area contributed by atoms with Crippen LogP contribution in [-0.4, -0.2) is 55.2 Å². The molecule has 3 atom stereocenters. The Bertz CT molecular complexity index is 812. The van der Waals surface area contributed by atoms with Crippen LogP contribution in [0, 0.1) is 11.8 Å². The van der Waals surface area contributed by atoms with E-state index in [4.69, 9.17) is 14.7 Å². The van der Waals surface area contributed by atoms with Crippen molar-refractivity contribution in [3.05, 3.63) is 24.3 Å². The van der Waals surface area contributed by atoms with Crippen LogP contribution < -0.4 is 10.2 Å². The number of ether oxygens (including phenoxy) is 2. The normalized spacial score (nSPS) is 23.2. The lowest BCUT2D eigenvalue weighted by Crippen LogP contribution is -2.60. The van der Waals surface area contributed by atoms with Crippen molar-refractivity contribution in [1.82, 2.24) is 9.79 Å². The molecule has 1 saturated heterocycles. The molecule has 27 heavy (non-hydrogen) atoms. The third-order valence-corrected chi connectivity index (χ3v) is 5.92. The zero-order chi connectivity index (χ0) is 20.0. The van der Waals surface area contributed by atoms with Crippen molar-refractivity contribution in [3.8, 4) is 17.6 Å². The van der Waals surface area contributed by atoms with Crippen LogP contribution in [0.2, 0.25) is 0 Å². The van der Waals surface area contributed by atoms with Crippen LogP contribution in [0.25, 0.3) is 0 Å². The molecule has 0 saturated carbocycles. The summed E-state index contributed by atoms with van der Waals surface area (Å²) in [5, 5.41) is 8.98. The summed E-state index contributed by atoms with van der Waals surface area (Å²) in [6, 6.07) is 4.73. The van der Waals surface area contributed by atoms with Gasteiger partial charge in [-0.1, -0.05) is 12.8 Å². The largest absolute Gasteiger partial charge is 0.481 e. The fourth-order valence-corrected chi connectivity index (χ4v) is 4.60. The number of hydrogen-bond acceptors (Lipinski definition) is 6. The van der Waals surface area contributed by atoms with Gasteiger partial charge in [0, 0.05) is 13.0 Å². The topological polar surface area (TPSA) is 105 Å². The average Bonchev–Trinajstić information content (AvgIpc) is 2.64. The number of carbonyl (C=O) groups is 1. The first kappa shape index (κ1) is 21.2. The van der Waals surface area contributed by atoms with E-state index in [0.717, 1.165) is 10.7 Å². The lowest BCUT2D eigenvalue weighted by atomic mass is 10.1. The molecule has 148 valence electrons. The second-order valence-corrected chi connectivity index (χ2v) is 8.01. The maximum Gasteiger partial charge on any atom is 0.264 e. The second-order valence-electron chi connectivity index (χ2n) is 6.11. The molecule has 1 heterocycles. The Morgan fingerprint density at radius 1 is 1.33 bits per heavy atom. The molecule has 2 rings (SSSR count). The number of morpholine rings is 1. The zero-order valence-corrected chi connectivity index (χ0v) is 16.3. The van der Waals surface area contributed by atoms with Crippen molar-refractivity contribution in [2.75, 3.05) is 13.2 Å². The highest BCUT2D eigenvalue weighted by Crippen LogP contribution is 2.27. The lowest BCUT2D eigenvalue weighted by molar-refractivity contribution is -0.146. The van der Waals surface area contributed by atoms with Gasteiger partial charge in [0.1, 0.15) is 18.4 Å². The molecule has 2 N–H and O–H groups in total. The monoisotopic (exact) mass is 396 g/mol. The molecule has 0 bridgehead atoms. The third-order valence-electron chi connectivity index (χ3n) is 4.06. The number of nitrogens with zero attached hydrogens (tertiary/aromatic N) is 1. The third kappa shape index (κ3) is 4.99. The Balaban J connectivity index is 2.25. The van der Waals surface area contributed by atoms with Gasteiger partial charge in [-0.25, -0.2) is 13.9 Å². The standard InChI is InChI=1S/C18H24N2O6S/c1-4-5-6-11-25-15-7-9-16(10-8-15)27(23,24)20-12-13(2)26-14(3)17(20)18(21)19-22/h7-10,13-14,17,22H,4,11-12H2,1-3H3,(H,19,21). The molecule has 0 aliphatic carbocycles. The molecular weight excluding hydrogens is 372 g/mol. The van der Waals surface area contributed by atoms with Crippen LogP contribution in [0.5, 0.6) is 5.75 Å². The summed E-state index contributed by atoms with van der Waals surface area (Å²) in [4.78, 5) is 12.0. The van der Waals surface area contributed by atoms with Crippen LogP contribution in [0.15, 0.2) is 29.2 Å². The van der Waals surface area contributed by atoms with Gasteiger partial charge in [0.25, 0.3) is 5.91 Å². The highest BCUT2D eigenvalue weighted by molar-refractivity contribution is 7.89. The molecule has 3 unspecified atom stereocenters. The Morgan fingerprint density at radius 3 is 2.59 bits per heavy atom. The summed E-state index contributed by atoms with van der Waals surface area (Å²) in [7, 11) is -3.98. The van der Waals surface area contributed by atoms with E-state index in [1.165, 1.54) is 29.7 Å². The fraction of sp³-hybridized carbons (Fsp3) is 0.500. The molecular formula is C18H24N2O6S. The minimum absolute atomic E-state index is 0.00435. The van der Waals surface area contributed by atoms with E-state index in [-0.39, 0.29) is 18.0 Å². The Hall–Kier alpha value is -2.12. The van der Waals surface area contributed by atoms with Gasteiger partial charge in [-0.05, 0) is 38.1 Å². The van der Waals surface area contributed by atoms with Crippen molar-refractivity contribution in [2.45, 2.75) is 50.3 Å². The van der Waals surface area contributed by atoms with Crippen LogP contribution in [-0.2, 0) is 19.6 Å². The molecule has 8 nitrogen and oxygen atoms in total. The van der Waals surface area contributed by atoms with E-state index < -0.39 is 34.2 Å². The smallest absolute Gasteiger partial charge is 0.264 e. The Labute approximate surface area is 159 Å². The van der Waals surface area contributed by atoms with Crippen LogP contribution in [0.1, 0.15) is 27.2 Å². The predicted octanol–water partition coefficient (Wildman–Crippen LogP) is 1.15. The number of hydrogen-bond donors (Lipinski definition) is 2. The second kappa shape index (κ2) is 9.19. The summed E-state index contributed by atoms with van der Waals surface area (Å²) in [6.45, 7) is 5.46. The number of carbonyl (C=O) groups excluding carboxylic acids is 1. The van der Waals surface area contributed by atoms with Crippen molar-refractivity contribution in [1.29, 1.82) is 0 Å². The summed E-state index contributed by atoms with van der Waals surface area (Å²) in [5.41, 5.74) is 1.52. The molecule has 1 aromatic rings.